The molecule has 120 valence electrons. The van der Waals surface area contributed by atoms with Gasteiger partial charge in [0, 0.05) is 12.6 Å². The second kappa shape index (κ2) is 7.38. The lowest BCUT2D eigenvalue weighted by Crippen LogP contribution is -2.27. The van der Waals surface area contributed by atoms with Crippen LogP contribution in [-0.4, -0.2) is 27.8 Å². The molecule has 1 unspecified atom stereocenters. The maximum atomic E-state index is 10.9. The molecule has 21 heavy (non-hydrogen) atoms. The van der Waals surface area contributed by atoms with Crippen LogP contribution in [0.5, 0.6) is 0 Å². The molecule has 1 rings (SSSR count). The van der Waals surface area contributed by atoms with Crippen LogP contribution >= 0.6 is 0 Å². The fourth-order valence-electron chi connectivity index (χ4n) is 2.05. The molecule has 0 aliphatic heterocycles. The molecular weight excluding hydrogens is 284 g/mol. The van der Waals surface area contributed by atoms with Gasteiger partial charge in [-0.15, -0.1) is 0 Å². The van der Waals surface area contributed by atoms with Crippen molar-refractivity contribution < 1.29 is 8.42 Å². The summed E-state index contributed by atoms with van der Waals surface area (Å²) in [7, 11) is -3.07. The fraction of sp³-hybridized carbons (Fsp3) is 0.625. The Kier molecular flexibility index (Phi) is 6.38. The summed E-state index contributed by atoms with van der Waals surface area (Å²) in [6.45, 7) is 10.00. The number of benzene rings is 1. The average Bonchev–Trinajstić information content (AvgIpc) is 2.36. The molecule has 0 aliphatic carbocycles. The van der Waals surface area contributed by atoms with Gasteiger partial charge in [-0.3, -0.25) is 0 Å². The van der Waals surface area contributed by atoms with Crippen LogP contribution in [0, 0.1) is 0 Å². The van der Waals surface area contributed by atoms with Crippen molar-refractivity contribution in [1.82, 2.24) is 10.0 Å². The Labute approximate surface area is 129 Å². The predicted molar refractivity (Wildman–Crippen MR) is 89.0 cm³/mol. The second-order valence-electron chi connectivity index (χ2n) is 6.57. The first-order valence-corrected chi connectivity index (χ1v) is 9.27. The Morgan fingerprint density at radius 2 is 1.67 bits per heavy atom. The van der Waals surface area contributed by atoms with E-state index in [4.69, 9.17) is 0 Å². The molecule has 0 saturated carbocycles. The van der Waals surface area contributed by atoms with Crippen LogP contribution in [0.4, 0.5) is 0 Å². The lowest BCUT2D eigenvalue weighted by atomic mass is 9.86. The van der Waals surface area contributed by atoms with Crippen LogP contribution in [0.15, 0.2) is 24.3 Å². The maximum Gasteiger partial charge on any atom is 0.208 e. The predicted octanol–water partition coefficient (Wildman–Crippen LogP) is 2.57. The standard InChI is InChI=1S/C16H28N2O2S/c1-13(17-11-6-12-18-21(5,19)20)14-7-9-15(10-8-14)16(2,3)4/h7-10,13,17-18H,6,11-12H2,1-5H3. The zero-order valence-electron chi connectivity index (χ0n) is 13.7. The molecule has 0 fully saturated rings. The van der Waals surface area contributed by atoms with Gasteiger partial charge in [-0.25, -0.2) is 13.1 Å². The van der Waals surface area contributed by atoms with E-state index in [2.05, 4.69) is 62.0 Å². The van der Waals surface area contributed by atoms with E-state index < -0.39 is 10.0 Å². The first-order chi connectivity index (χ1) is 9.59. The van der Waals surface area contributed by atoms with Crippen molar-refractivity contribution in [3.8, 4) is 0 Å². The molecule has 0 saturated heterocycles. The lowest BCUT2D eigenvalue weighted by molar-refractivity contribution is 0.547. The molecule has 5 heteroatoms. The summed E-state index contributed by atoms with van der Waals surface area (Å²) in [4.78, 5) is 0. The molecule has 1 aromatic carbocycles. The number of hydrogen-bond acceptors (Lipinski definition) is 3. The van der Waals surface area contributed by atoms with E-state index in [0.717, 1.165) is 13.0 Å². The van der Waals surface area contributed by atoms with Gasteiger partial charge in [-0.05, 0) is 36.4 Å². The highest BCUT2D eigenvalue weighted by molar-refractivity contribution is 7.88. The first kappa shape index (κ1) is 18.1. The minimum Gasteiger partial charge on any atom is -0.310 e. The minimum absolute atomic E-state index is 0.173. The van der Waals surface area contributed by atoms with E-state index in [1.165, 1.54) is 17.4 Å². The lowest BCUT2D eigenvalue weighted by Gasteiger charge is -2.20. The van der Waals surface area contributed by atoms with Crippen LogP contribution in [0.2, 0.25) is 0 Å². The van der Waals surface area contributed by atoms with Gasteiger partial charge in [-0.1, -0.05) is 45.0 Å². The molecule has 0 aliphatic rings. The summed E-state index contributed by atoms with van der Waals surface area (Å²) in [5.41, 5.74) is 2.75. The van der Waals surface area contributed by atoms with Crippen molar-refractivity contribution >= 4 is 10.0 Å². The van der Waals surface area contributed by atoms with Crippen molar-refractivity contribution in [2.24, 2.45) is 0 Å². The minimum atomic E-state index is -3.07. The Balaban J connectivity index is 2.40. The third-order valence-corrected chi connectivity index (χ3v) is 4.17. The molecule has 1 atom stereocenters. The van der Waals surface area contributed by atoms with Gasteiger partial charge in [0.05, 0.1) is 6.26 Å². The van der Waals surface area contributed by atoms with E-state index in [1.807, 2.05) is 0 Å². The van der Waals surface area contributed by atoms with Gasteiger partial charge < -0.3 is 5.32 Å². The Bertz CT molecular complexity index is 530. The molecule has 0 aromatic heterocycles. The van der Waals surface area contributed by atoms with Gasteiger partial charge in [0.25, 0.3) is 0 Å². The SMILES string of the molecule is CC(NCCCNS(C)(=O)=O)c1ccc(C(C)(C)C)cc1. The third-order valence-electron chi connectivity index (χ3n) is 3.45. The van der Waals surface area contributed by atoms with Gasteiger partial charge >= 0.3 is 0 Å². The molecule has 0 heterocycles. The molecule has 4 nitrogen and oxygen atoms in total. The molecule has 0 amide bonds. The zero-order chi connectivity index (χ0) is 16.1. The number of hydrogen-bond donors (Lipinski definition) is 2. The fourth-order valence-corrected chi connectivity index (χ4v) is 2.57. The molecular formula is C16H28N2O2S. The van der Waals surface area contributed by atoms with Crippen molar-refractivity contribution in [1.29, 1.82) is 0 Å². The van der Waals surface area contributed by atoms with Crippen molar-refractivity contribution in [2.75, 3.05) is 19.3 Å². The monoisotopic (exact) mass is 312 g/mol. The van der Waals surface area contributed by atoms with E-state index in [0.29, 0.717) is 6.54 Å². The summed E-state index contributed by atoms with van der Waals surface area (Å²) in [6, 6.07) is 8.94. The van der Waals surface area contributed by atoms with Crippen molar-refractivity contribution in [3.05, 3.63) is 35.4 Å². The molecule has 0 bridgehead atoms. The molecule has 1 aromatic rings. The van der Waals surface area contributed by atoms with E-state index in [9.17, 15) is 8.42 Å². The van der Waals surface area contributed by atoms with Gasteiger partial charge in [0.2, 0.25) is 10.0 Å². The van der Waals surface area contributed by atoms with E-state index in [-0.39, 0.29) is 11.5 Å². The zero-order valence-corrected chi connectivity index (χ0v) is 14.5. The molecule has 2 N–H and O–H groups in total. The van der Waals surface area contributed by atoms with Crippen molar-refractivity contribution in [2.45, 2.75) is 45.6 Å². The third kappa shape index (κ3) is 7.07. The highest BCUT2D eigenvalue weighted by Gasteiger charge is 2.13. The first-order valence-electron chi connectivity index (χ1n) is 7.38. The summed E-state index contributed by atoms with van der Waals surface area (Å²) >= 11 is 0. The highest BCUT2D eigenvalue weighted by Crippen LogP contribution is 2.23. The summed E-state index contributed by atoms with van der Waals surface area (Å²) in [5, 5.41) is 3.41. The van der Waals surface area contributed by atoms with Crippen LogP contribution in [0.25, 0.3) is 0 Å². The Morgan fingerprint density at radius 3 is 2.14 bits per heavy atom. The molecule has 0 spiro atoms. The van der Waals surface area contributed by atoms with Gasteiger partial charge in [0.15, 0.2) is 0 Å². The summed E-state index contributed by atoms with van der Waals surface area (Å²) in [5.74, 6) is 0. The largest absolute Gasteiger partial charge is 0.310 e. The second-order valence-corrected chi connectivity index (χ2v) is 8.40. The smallest absolute Gasteiger partial charge is 0.208 e. The van der Waals surface area contributed by atoms with E-state index >= 15 is 0 Å². The normalized spacial score (nSPS) is 14.1. The summed E-state index contributed by atoms with van der Waals surface area (Å²) < 4.78 is 24.4. The number of nitrogens with one attached hydrogen (secondary N) is 2. The number of sulfonamides is 1. The number of rotatable bonds is 7. The highest BCUT2D eigenvalue weighted by atomic mass is 32.2. The van der Waals surface area contributed by atoms with Crippen LogP contribution < -0.4 is 10.0 Å². The quantitative estimate of drug-likeness (QED) is 0.761. The Morgan fingerprint density at radius 1 is 1.10 bits per heavy atom. The van der Waals surface area contributed by atoms with Crippen LogP contribution in [0.1, 0.15) is 51.3 Å². The summed E-state index contributed by atoms with van der Waals surface area (Å²) in [6.07, 6.45) is 1.96. The van der Waals surface area contributed by atoms with Gasteiger partial charge in [-0.2, -0.15) is 0 Å². The maximum absolute atomic E-state index is 10.9. The van der Waals surface area contributed by atoms with Crippen LogP contribution in [0.3, 0.4) is 0 Å². The van der Waals surface area contributed by atoms with E-state index in [1.54, 1.807) is 0 Å². The Hall–Kier alpha value is -0.910. The van der Waals surface area contributed by atoms with Crippen molar-refractivity contribution in [3.63, 3.8) is 0 Å². The molecule has 0 radical (unpaired) electrons. The average molecular weight is 312 g/mol. The topological polar surface area (TPSA) is 58.2 Å². The van der Waals surface area contributed by atoms with Gasteiger partial charge in [0.1, 0.15) is 0 Å². The van der Waals surface area contributed by atoms with Crippen LogP contribution in [-0.2, 0) is 15.4 Å².